The number of hydrazone groups is 1. The number of hydrogen-bond donors (Lipinski definition) is 1. The average molecular weight is 442 g/mol. The van der Waals surface area contributed by atoms with Crippen LogP contribution >= 0.6 is 11.6 Å². The second kappa shape index (κ2) is 8.50. The van der Waals surface area contributed by atoms with Crippen LogP contribution in [0.4, 0.5) is 5.69 Å². The predicted octanol–water partition coefficient (Wildman–Crippen LogP) is 1.38. The van der Waals surface area contributed by atoms with Crippen molar-refractivity contribution in [2.24, 2.45) is 5.10 Å². The molecule has 0 saturated carbocycles. The topological polar surface area (TPSA) is 122 Å². The van der Waals surface area contributed by atoms with E-state index in [4.69, 9.17) is 16.3 Å². The summed E-state index contributed by atoms with van der Waals surface area (Å²) in [5.41, 5.74) is 0.483. The quantitative estimate of drug-likeness (QED) is 0.688. The van der Waals surface area contributed by atoms with Gasteiger partial charge in [0.2, 0.25) is 5.91 Å². The van der Waals surface area contributed by atoms with Crippen LogP contribution in [0.3, 0.4) is 0 Å². The zero-order chi connectivity index (χ0) is 21.2. The first kappa shape index (κ1) is 21.3. The number of amides is 2. The summed E-state index contributed by atoms with van der Waals surface area (Å²) in [4.78, 5) is 36.7. The number of rotatable bonds is 5. The van der Waals surface area contributed by atoms with Crippen LogP contribution < -0.4 is 5.32 Å². The number of benzene rings is 1. The largest absolute Gasteiger partial charge is 0.448 e. The molecule has 0 aromatic heterocycles. The standard InChI is InChI=1S/C18H20ClN3O6S/c1-11(17(24)20-13-4-2-12(19)3-5-13)28-18(25)15-6-7-16(23)22(21-15)14-8-9-29(26,27)10-14/h2-5,11,14H,6-10H2,1H3,(H,20,24)/t11-,14+/m1/s1. The first-order valence-corrected chi connectivity index (χ1v) is 11.2. The number of carbonyl (C=O) groups excluding carboxylic acids is 3. The van der Waals surface area contributed by atoms with Crippen LogP contribution in [0.5, 0.6) is 0 Å². The second-order valence-corrected chi connectivity index (χ2v) is 9.55. The third-order valence-corrected chi connectivity index (χ3v) is 6.62. The molecule has 0 spiro atoms. The minimum absolute atomic E-state index is 0.0139. The van der Waals surface area contributed by atoms with Gasteiger partial charge in [-0.2, -0.15) is 5.10 Å². The molecule has 29 heavy (non-hydrogen) atoms. The maximum Gasteiger partial charge on any atom is 0.355 e. The Morgan fingerprint density at radius 2 is 1.97 bits per heavy atom. The lowest BCUT2D eigenvalue weighted by Gasteiger charge is -2.27. The molecule has 0 bridgehead atoms. The second-order valence-electron chi connectivity index (χ2n) is 6.89. The van der Waals surface area contributed by atoms with Crippen molar-refractivity contribution in [1.29, 1.82) is 0 Å². The summed E-state index contributed by atoms with van der Waals surface area (Å²) >= 11 is 5.79. The Hall–Kier alpha value is -2.46. The van der Waals surface area contributed by atoms with E-state index in [0.29, 0.717) is 10.7 Å². The molecule has 1 aromatic rings. The van der Waals surface area contributed by atoms with Crippen LogP contribution in [0, 0.1) is 0 Å². The van der Waals surface area contributed by atoms with E-state index in [2.05, 4.69) is 10.4 Å². The van der Waals surface area contributed by atoms with Gasteiger partial charge < -0.3 is 10.1 Å². The van der Waals surface area contributed by atoms with Gasteiger partial charge in [-0.1, -0.05) is 11.6 Å². The third kappa shape index (κ3) is 5.33. The number of halogens is 1. The number of carbonyl (C=O) groups is 3. The van der Waals surface area contributed by atoms with Crippen molar-refractivity contribution < 1.29 is 27.5 Å². The van der Waals surface area contributed by atoms with Gasteiger partial charge in [-0.15, -0.1) is 0 Å². The van der Waals surface area contributed by atoms with Gasteiger partial charge in [0.1, 0.15) is 5.71 Å². The Morgan fingerprint density at radius 1 is 1.28 bits per heavy atom. The normalized spacial score (nSPS) is 22.0. The Labute approximate surface area is 173 Å². The number of anilines is 1. The molecule has 1 aromatic carbocycles. The van der Waals surface area contributed by atoms with Gasteiger partial charge in [0.25, 0.3) is 5.91 Å². The number of esters is 1. The van der Waals surface area contributed by atoms with E-state index < -0.39 is 33.9 Å². The van der Waals surface area contributed by atoms with Gasteiger partial charge in [-0.3, -0.25) is 9.59 Å². The van der Waals surface area contributed by atoms with E-state index in [1.54, 1.807) is 24.3 Å². The zero-order valence-electron chi connectivity index (χ0n) is 15.6. The Morgan fingerprint density at radius 3 is 2.59 bits per heavy atom. The summed E-state index contributed by atoms with van der Waals surface area (Å²) in [7, 11) is -3.21. The van der Waals surface area contributed by atoms with Crippen molar-refractivity contribution in [1.82, 2.24) is 5.01 Å². The van der Waals surface area contributed by atoms with Gasteiger partial charge in [0.15, 0.2) is 15.9 Å². The van der Waals surface area contributed by atoms with Crippen LogP contribution in [-0.2, 0) is 29.0 Å². The molecule has 1 saturated heterocycles. The van der Waals surface area contributed by atoms with E-state index in [-0.39, 0.29) is 42.4 Å². The van der Waals surface area contributed by atoms with Crippen LogP contribution in [-0.4, -0.2) is 60.6 Å². The molecule has 2 amide bonds. The smallest absolute Gasteiger partial charge is 0.355 e. The van der Waals surface area contributed by atoms with Crippen LogP contribution in [0.1, 0.15) is 26.2 Å². The van der Waals surface area contributed by atoms with E-state index in [1.165, 1.54) is 6.92 Å². The molecule has 0 unspecified atom stereocenters. The molecule has 3 rings (SSSR count). The summed E-state index contributed by atoms with van der Waals surface area (Å²) in [6.07, 6.45) is -0.728. The SMILES string of the molecule is C[C@@H](OC(=O)C1=NN([C@H]2CCS(=O)(=O)C2)C(=O)CC1)C(=O)Nc1ccc(Cl)cc1. The van der Waals surface area contributed by atoms with E-state index in [9.17, 15) is 22.8 Å². The molecule has 1 fully saturated rings. The van der Waals surface area contributed by atoms with E-state index in [0.717, 1.165) is 5.01 Å². The van der Waals surface area contributed by atoms with Gasteiger partial charge in [-0.05, 0) is 37.6 Å². The number of sulfone groups is 1. The first-order chi connectivity index (χ1) is 13.6. The van der Waals surface area contributed by atoms with Gasteiger partial charge in [0, 0.05) is 23.6 Å². The lowest BCUT2D eigenvalue weighted by Crippen LogP contribution is -2.42. The van der Waals surface area contributed by atoms with Crippen molar-refractivity contribution in [2.45, 2.75) is 38.3 Å². The molecule has 156 valence electrons. The molecule has 2 heterocycles. The molecule has 2 aliphatic heterocycles. The summed E-state index contributed by atoms with van der Waals surface area (Å²) in [6.45, 7) is 1.42. The molecule has 11 heteroatoms. The lowest BCUT2D eigenvalue weighted by molar-refractivity contribution is -0.147. The molecule has 2 aliphatic rings. The van der Waals surface area contributed by atoms with Gasteiger partial charge in [-0.25, -0.2) is 18.2 Å². The van der Waals surface area contributed by atoms with Crippen molar-refractivity contribution in [3.8, 4) is 0 Å². The highest BCUT2D eigenvalue weighted by molar-refractivity contribution is 7.91. The fraction of sp³-hybridized carbons (Fsp3) is 0.444. The molecular formula is C18H20ClN3O6S. The summed E-state index contributed by atoms with van der Waals surface area (Å²) in [5.74, 6) is -1.88. The Bertz CT molecular complexity index is 960. The number of nitrogens with one attached hydrogen (secondary N) is 1. The summed E-state index contributed by atoms with van der Waals surface area (Å²) < 4.78 is 28.5. The zero-order valence-corrected chi connectivity index (χ0v) is 17.2. The maximum atomic E-state index is 12.4. The van der Waals surface area contributed by atoms with Gasteiger partial charge in [0.05, 0.1) is 17.5 Å². The number of nitrogens with zero attached hydrogens (tertiary/aromatic N) is 2. The highest BCUT2D eigenvalue weighted by Gasteiger charge is 2.37. The molecule has 9 nitrogen and oxygen atoms in total. The Balaban J connectivity index is 1.62. The lowest BCUT2D eigenvalue weighted by atomic mass is 10.1. The van der Waals surface area contributed by atoms with Crippen molar-refractivity contribution >= 4 is 50.6 Å². The predicted molar refractivity (Wildman–Crippen MR) is 106 cm³/mol. The van der Waals surface area contributed by atoms with Crippen LogP contribution in [0.25, 0.3) is 0 Å². The summed E-state index contributed by atoms with van der Waals surface area (Å²) in [6, 6.07) is 5.86. The minimum atomic E-state index is -3.21. The fourth-order valence-corrected chi connectivity index (χ4v) is 4.85. The number of ether oxygens (including phenoxy) is 1. The maximum absolute atomic E-state index is 12.4. The van der Waals surface area contributed by atoms with Crippen LogP contribution in [0.2, 0.25) is 5.02 Å². The number of hydrogen-bond acceptors (Lipinski definition) is 7. The minimum Gasteiger partial charge on any atom is -0.448 e. The Kier molecular flexibility index (Phi) is 6.23. The monoisotopic (exact) mass is 441 g/mol. The molecule has 1 N–H and O–H groups in total. The highest BCUT2D eigenvalue weighted by Crippen LogP contribution is 2.22. The first-order valence-electron chi connectivity index (χ1n) is 9.02. The van der Waals surface area contributed by atoms with Crippen molar-refractivity contribution in [3.63, 3.8) is 0 Å². The molecule has 0 radical (unpaired) electrons. The van der Waals surface area contributed by atoms with Crippen LogP contribution in [0.15, 0.2) is 29.4 Å². The van der Waals surface area contributed by atoms with Crippen molar-refractivity contribution in [3.05, 3.63) is 29.3 Å². The van der Waals surface area contributed by atoms with Crippen molar-refractivity contribution in [2.75, 3.05) is 16.8 Å². The highest BCUT2D eigenvalue weighted by atomic mass is 35.5. The van der Waals surface area contributed by atoms with Gasteiger partial charge >= 0.3 is 5.97 Å². The molecule has 2 atom stereocenters. The fourth-order valence-electron chi connectivity index (χ4n) is 3.03. The molecular weight excluding hydrogens is 422 g/mol. The van der Waals surface area contributed by atoms with E-state index >= 15 is 0 Å². The van der Waals surface area contributed by atoms with E-state index in [1.807, 2.05) is 0 Å². The summed E-state index contributed by atoms with van der Waals surface area (Å²) in [5, 5.41) is 8.23. The average Bonchev–Trinajstić information content (AvgIpc) is 3.03. The third-order valence-electron chi connectivity index (χ3n) is 4.61. The molecule has 0 aliphatic carbocycles.